The van der Waals surface area contributed by atoms with Gasteiger partial charge in [-0.25, -0.2) is 9.59 Å². The van der Waals surface area contributed by atoms with Crippen molar-refractivity contribution in [3.05, 3.63) is 71.8 Å². The van der Waals surface area contributed by atoms with E-state index in [4.69, 9.17) is 47.4 Å². The third-order valence-electron chi connectivity index (χ3n) is 7.96. The molecule has 0 saturated carbocycles. The Morgan fingerprint density at radius 2 is 1.31 bits per heavy atom. The fourth-order valence-corrected chi connectivity index (χ4v) is 5.66. The van der Waals surface area contributed by atoms with Gasteiger partial charge in [-0.05, 0) is 11.1 Å². The Labute approximate surface area is 299 Å². The van der Waals surface area contributed by atoms with Crippen molar-refractivity contribution in [3.63, 3.8) is 0 Å². The minimum absolute atomic E-state index is 0.0920. The van der Waals surface area contributed by atoms with Crippen LogP contribution in [-0.4, -0.2) is 117 Å². The summed E-state index contributed by atoms with van der Waals surface area (Å²) in [5.74, 6) is -3.35. The number of aliphatic hydroxyl groups is 1. The average Bonchev–Trinajstić information content (AvgIpc) is 3.12. The van der Waals surface area contributed by atoms with Crippen molar-refractivity contribution in [3.8, 4) is 0 Å². The minimum atomic E-state index is -1.74. The molecule has 17 nitrogen and oxygen atoms in total. The molecule has 2 heterocycles. The Morgan fingerprint density at radius 1 is 0.712 bits per heavy atom. The molecule has 2 aromatic rings. The van der Waals surface area contributed by atoms with Gasteiger partial charge in [0, 0.05) is 27.9 Å². The second-order valence-corrected chi connectivity index (χ2v) is 11.8. The van der Waals surface area contributed by atoms with E-state index in [1.807, 2.05) is 0 Å². The fraction of sp³-hybridized carbons (Fsp3) is 0.514. The SMILES string of the molecule is COC(=O)[C@@H]1O[C@@H](O[C@H]2[C@H](OC(C)=O)[C@@H](NC(=O)OCc3ccccc3)[C@@H](OC)O[C@@H]2COC(C)=O)[C@H](OC(C)=O)[C@@H](OCc2ccccc2)[C@@H]1O. The Bertz CT molecular complexity index is 1490. The standard InChI is InChI=1S/C35H43NO16/c1-19(37)45-18-24-27(28(48-20(2)38)25(33(44-5)50-24)36-35(42)47-17-23-14-10-7-11-15-23)51-34-31(49-21(3)39)29(26(40)30(52-34)32(41)43-4)46-16-22-12-8-6-9-13-22/h6-15,24-31,33-34,40H,16-18H2,1-5H3,(H,36,42)/t24-,25-,26+,27-,28-,29+,30-,31-,33+,34-/m1/s1. The molecule has 10 atom stereocenters. The van der Waals surface area contributed by atoms with Crippen LogP contribution >= 0.6 is 0 Å². The van der Waals surface area contributed by atoms with Crippen molar-refractivity contribution in [2.75, 3.05) is 20.8 Å². The van der Waals surface area contributed by atoms with Crippen LogP contribution in [0.3, 0.4) is 0 Å². The quantitative estimate of drug-likeness (QED) is 0.207. The number of hydrogen-bond donors (Lipinski definition) is 2. The zero-order valence-electron chi connectivity index (χ0n) is 29.2. The van der Waals surface area contributed by atoms with Crippen molar-refractivity contribution >= 4 is 30.0 Å². The average molecular weight is 734 g/mol. The number of aliphatic hydroxyl groups excluding tert-OH is 1. The number of amides is 1. The molecular weight excluding hydrogens is 690 g/mol. The second-order valence-electron chi connectivity index (χ2n) is 11.8. The third kappa shape index (κ3) is 10.9. The van der Waals surface area contributed by atoms with Crippen LogP contribution in [0.5, 0.6) is 0 Å². The largest absolute Gasteiger partial charge is 0.467 e. The molecule has 0 aliphatic carbocycles. The summed E-state index contributed by atoms with van der Waals surface area (Å²) in [7, 11) is 2.34. The minimum Gasteiger partial charge on any atom is -0.467 e. The Morgan fingerprint density at radius 3 is 1.87 bits per heavy atom. The molecule has 17 heteroatoms. The van der Waals surface area contributed by atoms with Gasteiger partial charge in [-0.1, -0.05) is 60.7 Å². The van der Waals surface area contributed by atoms with E-state index in [9.17, 15) is 29.1 Å². The van der Waals surface area contributed by atoms with Gasteiger partial charge in [0.05, 0.1) is 13.7 Å². The summed E-state index contributed by atoms with van der Waals surface area (Å²) in [6.45, 7) is 2.68. The van der Waals surface area contributed by atoms with Crippen LogP contribution < -0.4 is 5.32 Å². The predicted octanol–water partition coefficient (Wildman–Crippen LogP) is 1.31. The Hall–Kier alpha value is -4.65. The van der Waals surface area contributed by atoms with Crippen LogP contribution in [-0.2, 0) is 79.8 Å². The molecule has 1 amide bonds. The number of alkyl carbamates (subject to hydrolysis) is 1. The van der Waals surface area contributed by atoms with E-state index in [0.717, 1.165) is 27.9 Å². The van der Waals surface area contributed by atoms with Crippen molar-refractivity contribution in [1.29, 1.82) is 0 Å². The molecule has 0 unspecified atom stereocenters. The van der Waals surface area contributed by atoms with Crippen LogP contribution in [0.2, 0.25) is 0 Å². The number of rotatable bonds is 14. The summed E-state index contributed by atoms with van der Waals surface area (Å²) in [5.41, 5.74) is 1.38. The summed E-state index contributed by atoms with van der Waals surface area (Å²) in [4.78, 5) is 62.9. The number of methoxy groups -OCH3 is 2. The number of carbonyl (C=O) groups is 5. The van der Waals surface area contributed by atoms with E-state index >= 15 is 0 Å². The highest BCUT2D eigenvalue weighted by molar-refractivity contribution is 5.75. The highest BCUT2D eigenvalue weighted by atomic mass is 16.8. The van der Waals surface area contributed by atoms with Gasteiger partial charge in [0.1, 0.15) is 43.7 Å². The van der Waals surface area contributed by atoms with Gasteiger partial charge in [-0.3, -0.25) is 14.4 Å². The van der Waals surface area contributed by atoms with Crippen molar-refractivity contribution in [1.82, 2.24) is 5.32 Å². The molecule has 2 saturated heterocycles. The molecule has 0 spiro atoms. The van der Waals surface area contributed by atoms with Gasteiger partial charge in [0.2, 0.25) is 0 Å². The number of ether oxygens (including phenoxy) is 10. The number of esters is 4. The smallest absolute Gasteiger partial charge is 0.407 e. The lowest BCUT2D eigenvalue weighted by Crippen LogP contribution is -2.69. The first kappa shape index (κ1) is 40.1. The van der Waals surface area contributed by atoms with Gasteiger partial charge in [-0.15, -0.1) is 0 Å². The third-order valence-corrected chi connectivity index (χ3v) is 7.96. The molecular formula is C35H43NO16. The van der Waals surface area contributed by atoms with E-state index in [1.165, 1.54) is 7.11 Å². The maximum Gasteiger partial charge on any atom is 0.407 e. The zero-order chi connectivity index (χ0) is 37.8. The van der Waals surface area contributed by atoms with Gasteiger partial charge >= 0.3 is 30.0 Å². The first-order valence-corrected chi connectivity index (χ1v) is 16.3. The maximum absolute atomic E-state index is 13.1. The van der Waals surface area contributed by atoms with E-state index in [2.05, 4.69) is 5.32 Å². The number of benzene rings is 2. The Balaban J connectivity index is 1.71. The maximum atomic E-state index is 13.1. The topological polar surface area (TPSA) is 210 Å². The summed E-state index contributed by atoms with van der Waals surface area (Å²) in [6.07, 6.45) is -14.7. The van der Waals surface area contributed by atoms with E-state index in [1.54, 1.807) is 60.7 Å². The lowest BCUT2D eigenvalue weighted by atomic mass is 9.95. The molecule has 2 aromatic carbocycles. The monoisotopic (exact) mass is 733 g/mol. The highest BCUT2D eigenvalue weighted by Crippen LogP contribution is 2.34. The number of hydrogen-bond acceptors (Lipinski definition) is 16. The summed E-state index contributed by atoms with van der Waals surface area (Å²) < 4.78 is 56.6. The van der Waals surface area contributed by atoms with Crippen LogP contribution in [0, 0.1) is 0 Å². The fourth-order valence-electron chi connectivity index (χ4n) is 5.66. The van der Waals surface area contributed by atoms with Crippen LogP contribution in [0.25, 0.3) is 0 Å². The predicted molar refractivity (Wildman–Crippen MR) is 174 cm³/mol. The molecule has 2 aliphatic rings. The van der Waals surface area contributed by atoms with E-state index in [0.29, 0.717) is 11.1 Å². The van der Waals surface area contributed by atoms with E-state index in [-0.39, 0.29) is 13.2 Å². The summed E-state index contributed by atoms with van der Waals surface area (Å²) in [6, 6.07) is 16.4. The normalized spacial score (nSPS) is 28.5. The molecule has 2 N–H and O–H groups in total. The van der Waals surface area contributed by atoms with Crippen molar-refractivity contribution in [2.45, 2.75) is 95.3 Å². The lowest BCUT2D eigenvalue weighted by molar-refractivity contribution is -0.347. The van der Waals surface area contributed by atoms with Crippen molar-refractivity contribution < 1.29 is 76.4 Å². The Kier molecular flexibility index (Phi) is 14.9. The van der Waals surface area contributed by atoms with Gasteiger partial charge < -0.3 is 57.8 Å². The van der Waals surface area contributed by atoms with Crippen LogP contribution in [0.1, 0.15) is 31.9 Å². The first-order chi connectivity index (χ1) is 24.9. The molecule has 2 fully saturated rings. The van der Waals surface area contributed by atoms with Crippen molar-refractivity contribution in [2.24, 2.45) is 0 Å². The lowest BCUT2D eigenvalue weighted by Gasteiger charge is -2.48. The molecule has 4 rings (SSSR count). The van der Waals surface area contributed by atoms with E-state index < -0.39 is 97.9 Å². The highest BCUT2D eigenvalue weighted by Gasteiger charge is 2.56. The molecule has 0 aromatic heterocycles. The van der Waals surface area contributed by atoms with Gasteiger partial charge in [0.15, 0.2) is 30.9 Å². The molecule has 2 aliphatic heterocycles. The molecule has 0 bridgehead atoms. The second kappa shape index (κ2) is 19.3. The van der Waals surface area contributed by atoms with Crippen LogP contribution in [0.4, 0.5) is 4.79 Å². The molecule has 0 radical (unpaired) electrons. The van der Waals surface area contributed by atoms with Crippen LogP contribution in [0.15, 0.2) is 60.7 Å². The summed E-state index contributed by atoms with van der Waals surface area (Å²) >= 11 is 0. The van der Waals surface area contributed by atoms with Gasteiger partial charge in [0.25, 0.3) is 0 Å². The zero-order valence-corrected chi connectivity index (χ0v) is 29.2. The first-order valence-electron chi connectivity index (χ1n) is 16.3. The summed E-state index contributed by atoms with van der Waals surface area (Å²) in [5, 5.41) is 13.9. The van der Waals surface area contributed by atoms with Gasteiger partial charge in [-0.2, -0.15) is 0 Å². The molecule has 52 heavy (non-hydrogen) atoms. The molecule has 284 valence electrons. The number of carbonyl (C=O) groups excluding carboxylic acids is 5. The number of nitrogens with one attached hydrogen (secondary N) is 1.